The van der Waals surface area contributed by atoms with E-state index in [-0.39, 0.29) is 27.1 Å². The second-order valence-corrected chi connectivity index (χ2v) is 4.39. The molecular formula is C12H7Cl2FN2O2. The third-order valence-corrected chi connectivity index (χ3v) is 2.92. The standard InChI is InChI=1S/C12H7Cl2FN2O2/c13-7-2-1-3-9(15)11(7)17-10-4-6(12(18)19)8(14)5-16-10/h1-5H,(H,16,17)(H,18,19). The third kappa shape index (κ3) is 2.94. The van der Waals surface area contributed by atoms with Gasteiger partial charge in [-0.3, -0.25) is 0 Å². The van der Waals surface area contributed by atoms with Crippen molar-refractivity contribution >= 4 is 40.7 Å². The van der Waals surface area contributed by atoms with Gasteiger partial charge >= 0.3 is 5.97 Å². The molecule has 4 nitrogen and oxygen atoms in total. The Labute approximate surface area is 117 Å². The smallest absolute Gasteiger partial charge is 0.337 e. The first kappa shape index (κ1) is 13.6. The van der Waals surface area contributed by atoms with Gasteiger partial charge in [-0.15, -0.1) is 0 Å². The Balaban J connectivity index is 2.39. The van der Waals surface area contributed by atoms with Crippen LogP contribution >= 0.6 is 23.2 Å². The van der Waals surface area contributed by atoms with Crippen molar-refractivity contribution < 1.29 is 14.3 Å². The van der Waals surface area contributed by atoms with Crippen LogP contribution in [0.2, 0.25) is 10.0 Å². The van der Waals surface area contributed by atoms with Crippen molar-refractivity contribution in [1.29, 1.82) is 0 Å². The lowest BCUT2D eigenvalue weighted by atomic mass is 10.2. The summed E-state index contributed by atoms with van der Waals surface area (Å²) in [5.74, 6) is -1.63. The Morgan fingerprint density at radius 3 is 2.68 bits per heavy atom. The van der Waals surface area contributed by atoms with E-state index in [1.807, 2.05) is 0 Å². The fourth-order valence-electron chi connectivity index (χ4n) is 1.42. The SMILES string of the molecule is O=C(O)c1cc(Nc2c(F)cccc2Cl)ncc1Cl. The first-order valence-corrected chi connectivity index (χ1v) is 5.84. The number of carboxylic acid groups (broad SMARTS) is 1. The summed E-state index contributed by atoms with van der Waals surface area (Å²) in [5.41, 5.74) is -0.109. The van der Waals surface area contributed by atoms with E-state index < -0.39 is 11.8 Å². The summed E-state index contributed by atoms with van der Waals surface area (Å²) in [7, 11) is 0. The van der Waals surface area contributed by atoms with Crippen LogP contribution in [0.15, 0.2) is 30.5 Å². The van der Waals surface area contributed by atoms with Gasteiger partial charge in [0.2, 0.25) is 0 Å². The molecule has 0 fully saturated rings. The maximum absolute atomic E-state index is 13.6. The fourth-order valence-corrected chi connectivity index (χ4v) is 1.81. The molecule has 2 N–H and O–H groups in total. The molecule has 0 aliphatic carbocycles. The number of carboxylic acids is 1. The minimum atomic E-state index is -1.20. The average Bonchev–Trinajstić information content (AvgIpc) is 2.35. The number of benzene rings is 1. The number of rotatable bonds is 3. The topological polar surface area (TPSA) is 62.2 Å². The second-order valence-electron chi connectivity index (χ2n) is 3.58. The molecule has 0 radical (unpaired) electrons. The van der Waals surface area contributed by atoms with E-state index >= 15 is 0 Å². The quantitative estimate of drug-likeness (QED) is 0.900. The van der Waals surface area contributed by atoms with Crippen LogP contribution in [-0.2, 0) is 0 Å². The highest BCUT2D eigenvalue weighted by Crippen LogP contribution is 2.28. The molecule has 0 atom stereocenters. The summed E-state index contributed by atoms with van der Waals surface area (Å²) in [6, 6.07) is 5.39. The molecule has 0 bridgehead atoms. The molecule has 0 spiro atoms. The number of aromatic carboxylic acids is 1. The highest BCUT2D eigenvalue weighted by Gasteiger charge is 2.12. The number of anilines is 2. The summed E-state index contributed by atoms with van der Waals surface area (Å²) in [5, 5.41) is 11.7. The monoisotopic (exact) mass is 300 g/mol. The Kier molecular flexibility index (Phi) is 3.87. The first-order valence-electron chi connectivity index (χ1n) is 5.09. The van der Waals surface area contributed by atoms with Crippen molar-refractivity contribution in [3.8, 4) is 0 Å². The lowest BCUT2D eigenvalue weighted by Gasteiger charge is -2.09. The summed E-state index contributed by atoms with van der Waals surface area (Å²) < 4.78 is 13.6. The molecule has 0 saturated heterocycles. The summed E-state index contributed by atoms with van der Waals surface area (Å²) in [6.45, 7) is 0. The minimum absolute atomic E-state index is 0.00215. The van der Waals surface area contributed by atoms with Crippen molar-refractivity contribution in [2.45, 2.75) is 0 Å². The molecule has 1 heterocycles. The van der Waals surface area contributed by atoms with Crippen molar-refractivity contribution in [1.82, 2.24) is 4.98 Å². The van der Waals surface area contributed by atoms with Crippen LogP contribution in [0, 0.1) is 5.82 Å². The summed E-state index contributed by atoms with van der Waals surface area (Å²) in [6.07, 6.45) is 1.17. The number of nitrogens with zero attached hydrogens (tertiary/aromatic N) is 1. The number of hydrogen-bond acceptors (Lipinski definition) is 3. The molecule has 0 unspecified atom stereocenters. The molecule has 0 aliphatic heterocycles. The number of para-hydroxylation sites is 1. The molecule has 98 valence electrons. The van der Waals surface area contributed by atoms with Gasteiger partial charge in [0.1, 0.15) is 11.6 Å². The van der Waals surface area contributed by atoms with Gasteiger partial charge in [0.15, 0.2) is 0 Å². The van der Waals surface area contributed by atoms with Gasteiger partial charge in [-0.1, -0.05) is 29.3 Å². The number of halogens is 3. The molecular weight excluding hydrogens is 294 g/mol. The van der Waals surface area contributed by atoms with Crippen LogP contribution in [0.3, 0.4) is 0 Å². The molecule has 2 aromatic rings. The van der Waals surface area contributed by atoms with Gasteiger partial charge in [0.25, 0.3) is 0 Å². The second kappa shape index (κ2) is 5.42. The zero-order valence-corrected chi connectivity index (χ0v) is 10.8. The zero-order chi connectivity index (χ0) is 14.0. The van der Waals surface area contributed by atoms with Crippen molar-refractivity contribution in [3.63, 3.8) is 0 Å². The van der Waals surface area contributed by atoms with E-state index in [4.69, 9.17) is 28.3 Å². The van der Waals surface area contributed by atoms with Crippen molar-refractivity contribution in [2.24, 2.45) is 0 Å². The number of carbonyl (C=O) groups is 1. The summed E-state index contributed by atoms with van der Waals surface area (Å²) in [4.78, 5) is 14.8. The van der Waals surface area contributed by atoms with Crippen LogP contribution in [-0.4, -0.2) is 16.1 Å². The van der Waals surface area contributed by atoms with E-state index in [0.717, 1.165) is 0 Å². The van der Waals surface area contributed by atoms with Crippen LogP contribution < -0.4 is 5.32 Å². The van der Waals surface area contributed by atoms with Gasteiger partial charge in [-0.2, -0.15) is 0 Å². The average molecular weight is 301 g/mol. The van der Waals surface area contributed by atoms with Gasteiger partial charge in [-0.05, 0) is 18.2 Å². The molecule has 1 aromatic heterocycles. The number of nitrogens with one attached hydrogen (secondary N) is 1. The van der Waals surface area contributed by atoms with E-state index in [2.05, 4.69) is 10.3 Å². The fraction of sp³-hybridized carbons (Fsp3) is 0. The number of aromatic nitrogens is 1. The van der Waals surface area contributed by atoms with Gasteiger partial charge < -0.3 is 10.4 Å². The maximum atomic E-state index is 13.6. The van der Waals surface area contributed by atoms with Gasteiger partial charge in [0.05, 0.1) is 21.3 Å². The molecule has 0 amide bonds. The number of hydrogen-bond donors (Lipinski definition) is 2. The van der Waals surface area contributed by atoms with E-state index in [9.17, 15) is 9.18 Å². The molecule has 0 saturated carbocycles. The van der Waals surface area contributed by atoms with Crippen LogP contribution in [0.25, 0.3) is 0 Å². The lowest BCUT2D eigenvalue weighted by Crippen LogP contribution is -2.02. The molecule has 19 heavy (non-hydrogen) atoms. The van der Waals surface area contributed by atoms with Crippen molar-refractivity contribution in [2.75, 3.05) is 5.32 Å². The van der Waals surface area contributed by atoms with E-state index in [0.29, 0.717) is 0 Å². The normalized spacial score (nSPS) is 10.3. The predicted molar refractivity (Wildman–Crippen MR) is 70.9 cm³/mol. The summed E-state index contributed by atoms with van der Waals surface area (Å²) >= 11 is 11.5. The van der Waals surface area contributed by atoms with E-state index in [1.165, 1.54) is 30.5 Å². The Bertz CT molecular complexity index is 629. The highest BCUT2D eigenvalue weighted by molar-refractivity contribution is 6.34. The lowest BCUT2D eigenvalue weighted by molar-refractivity contribution is 0.0697. The van der Waals surface area contributed by atoms with E-state index in [1.54, 1.807) is 0 Å². The van der Waals surface area contributed by atoms with Gasteiger partial charge in [0, 0.05) is 6.20 Å². The minimum Gasteiger partial charge on any atom is -0.478 e. The molecule has 1 aromatic carbocycles. The van der Waals surface area contributed by atoms with Crippen LogP contribution in [0.4, 0.5) is 15.9 Å². The van der Waals surface area contributed by atoms with Crippen molar-refractivity contribution in [3.05, 3.63) is 51.9 Å². The maximum Gasteiger partial charge on any atom is 0.337 e. The largest absolute Gasteiger partial charge is 0.478 e. The third-order valence-electron chi connectivity index (χ3n) is 2.30. The Hall–Kier alpha value is -1.85. The predicted octanol–water partition coefficient (Wildman–Crippen LogP) is 3.97. The first-order chi connectivity index (χ1) is 8.99. The zero-order valence-electron chi connectivity index (χ0n) is 9.32. The van der Waals surface area contributed by atoms with Crippen LogP contribution in [0.1, 0.15) is 10.4 Å². The Morgan fingerprint density at radius 2 is 2.05 bits per heavy atom. The Morgan fingerprint density at radius 1 is 1.32 bits per heavy atom. The molecule has 0 aliphatic rings. The van der Waals surface area contributed by atoms with Gasteiger partial charge in [-0.25, -0.2) is 14.2 Å². The molecule has 7 heteroatoms. The molecule has 2 rings (SSSR count). The number of pyridine rings is 1. The highest BCUT2D eigenvalue weighted by atomic mass is 35.5. The van der Waals surface area contributed by atoms with Crippen LogP contribution in [0.5, 0.6) is 0 Å².